The quantitative estimate of drug-likeness (QED) is 0.348. The summed E-state index contributed by atoms with van der Waals surface area (Å²) in [6, 6.07) is 12.6. The number of aryl methyl sites for hydroxylation is 3. The average molecular weight is 421 g/mol. The minimum atomic E-state index is -0.758. The van der Waals surface area contributed by atoms with Crippen LogP contribution in [0.25, 0.3) is 5.76 Å². The summed E-state index contributed by atoms with van der Waals surface area (Å²) >= 11 is 1.40. The van der Waals surface area contributed by atoms with E-state index in [1.807, 2.05) is 43.5 Å². The molecule has 6 heteroatoms. The minimum Gasteiger partial charge on any atom is -0.507 e. The van der Waals surface area contributed by atoms with Crippen molar-refractivity contribution in [2.45, 2.75) is 26.8 Å². The van der Waals surface area contributed by atoms with Crippen molar-refractivity contribution in [1.82, 2.24) is 0 Å². The van der Waals surface area contributed by atoms with Gasteiger partial charge in [0.1, 0.15) is 17.6 Å². The predicted molar refractivity (Wildman–Crippen MR) is 116 cm³/mol. The first-order valence-electron chi connectivity index (χ1n) is 9.47. The Kier molecular flexibility index (Phi) is 5.03. The van der Waals surface area contributed by atoms with E-state index < -0.39 is 23.5 Å². The zero-order valence-corrected chi connectivity index (χ0v) is 17.6. The number of carbonyl (C=O) groups excluding carboxylic acids is 2. The van der Waals surface area contributed by atoms with Gasteiger partial charge in [0.15, 0.2) is 0 Å². The Labute approximate surface area is 177 Å². The van der Waals surface area contributed by atoms with Gasteiger partial charge in [0, 0.05) is 16.1 Å². The van der Waals surface area contributed by atoms with Crippen LogP contribution in [0.3, 0.4) is 0 Å². The monoisotopic (exact) mass is 421 g/mol. The number of nitrogens with zero attached hydrogens (tertiary/aromatic N) is 1. The lowest BCUT2D eigenvalue weighted by molar-refractivity contribution is -0.132. The third-order valence-corrected chi connectivity index (χ3v) is 6.38. The fraction of sp³-hybridized carbons (Fsp3) is 0.167. The second-order valence-electron chi connectivity index (χ2n) is 7.42. The molecule has 1 N–H and O–H groups in total. The molecule has 0 bridgehead atoms. The van der Waals surface area contributed by atoms with E-state index in [1.54, 1.807) is 13.0 Å². The van der Waals surface area contributed by atoms with Crippen molar-refractivity contribution in [2.75, 3.05) is 4.90 Å². The number of rotatable bonds is 3. The first-order chi connectivity index (χ1) is 14.3. The Balaban J connectivity index is 1.93. The van der Waals surface area contributed by atoms with Crippen LogP contribution in [0.4, 0.5) is 10.1 Å². The molecule has 1 aromatic heterocycles. The highest BCUT2D eigenvalue weighted by atomic mass is 32.1. The molecule has 0 saturated carbocycles. The third-order valence-electron chi connectivity index (χ3n) is 5.46. The van der Waals surface area contributed by atoms with Crippen molar-refractivity contribution in [3.63, 3.8) is 0 Å². The van der Waals surface area contributed by atoms with Crippen molar-refractivity contribution >= 4 is 34.5 Å². The van der Waals surface area contributed by atoms with Gasteiger partial charge in [-0.3, -0.25) is 14.5 Å². The Bertz CT molecular complexity index is 1200. The first-order valence-corrected chi connectivity index (χ1v) is 10.4. The summed E-state index contributed by atoms with van der Waals surface area (Å²) < 4.78 is 13.7. The summed E-state index contributed by atoms with van der Waals surface area (Å²) in [6.45, 7) is 5.49. The smallest absolute Gasteiger partial charge is 0.300 e. The third kappa shape index (κ3) is 3.23. The summed E-state index contributed by atoms with van der Waals surface area (Å²) in [6.07, 6.45) is 0. The number of ketones is 1. The Morgan fingerprint density at radius 3 is 2.40 bits per heavy atom. The zero-order chi connectivity index (χ0) is 21.6. The molecule has 0 aliphatic carbocycles. The highest BCUT2D eigenvalue weighted by Gasteiger charge is 2.47. The maximum absolute atomic E-state index is 13.7. The van der Waals surface area contributed by atoms with Crippen LogP contribution in [0, 0.1) is 26.6 Å². The van der Waals surface area contributed by atoms with Gasteiger partial charge in [-0.1, -0.05) is 12.1 Å². The molecule has 1 amide bonds. The van der Waals surface area contributed by atoms with Crippen molar-refractivity contribution in [3.8, 4) is 0 Å². The molecule has 1 aliphatic rings. The second kappa shape index (κ2) is 7.54. The van der Waals surface area contributed by atoms with Gasteiger partial charge in [-0.05, 0) is 79.2 Å². The largest absolute Gasteiger partial charge is 0.507 e. The number of carbonyl (C=O) groups is 2. The number of aliphatic hydroxyl groups excluding tert-OH is 1. The molecule has 2 aromatic carbocycles. The number of aliphatic hydroxyl groups is 1. The van der Waals surface area contributed by atoms with E-state index in [9.17, 15) is 19.1 Å². The first kappa shape index (κ1) is 20.0. The predicted octanol–water partition coefficient (Wildman–Crippen LogP) is 5.44. The van der Waals surface area contributed by atoms with Gasteiger partial charge in [-0.15, -0.1) is 11.3 Å². The highest BCUT2D eigenvalue weighted by molar-refractivity contribution is 7.10. The summed E-state index contributed by atoms with van der Waals surface area (Å²) in [5, 5.41) is 12.9. The normalized spacial score (nSPS) is 18.3. The molecule has 1 atom stereocenters. The molecule has 0 spiro atoms. The van der Waals surface area contributed by atoms with Gasteiger partial charge < -0.3 is 5.11 Å². The number of anilines is 1. The van der Waals surface area contributed by atoms with Gasteiger partial charge in [-0.25, -0.2) is 4.39 Å². The molecular weight excluding hydrogens is 401 g/mol. The van der Waals surface area contributed by atoms with Crippen LogP contribution in [0.5, 0.6) is 0 Å². The Morgan fingerprint density at radius 1 is 1.00 bits per heavy atom. The summed E-state index contributed by atoms with van der Waals surface area (Å²) in [7, 11) is 0. The number of hydrogen-bond donors (Lipinski definition) is 1. The van der Waals surface area contributed by atoms with Crippen LogP contribution >= 0.6 is 11.3 Å². The van der Waals surface area contributed by atoms with Crippen molar-refractivity contribution < 1.29 is 19.1 Å². The van der Waals surface area contributed by atoms with Gasteiger partial charge in [-0.2, -0.15) is 0 Å². The molecule has 1 saturated heterocycles. The van der Waals surface area contributed by atoms with Gasteiger partial charge in [0.25, 0.3) is 11.7 Å². The molecule has 1 aliphatic heterocycles. The van der Waals surface area contributed by atoms with Gasteiger partial charge in [0.05, 0.1) is 5.57 Å². The SMILES string of the molecule is Cc1ccc(N2C(=O)C(=O)/C(=C(\O)c3ccc(F)c(C)c3)C2c2cccs2)cc1C. The lowest BCUT2D eigenvalue weighted by Gasteiger charge is -2.24. The van der Waals surface area contributed by atoms with E-state index in [1.165, 1.54) is 34.4 Å². The van der Waals surface area contributed by atoms with Crippen LogP contribution in [-0.4, -0.2) is 16.8 Å². The van der Waals surface area contributed by atoms with E-state index in [-0.39, 0.29) is 11.3 Å². The van der Waals surface area contributed by atoms with Crippen molar-refractivity contribution in [1.29, 1.82) is 0 Å². The van der Waals surface area contributed by atoms with Crippen LogP contribution in [-0.2, 0) is 9.59 Å². The number of amides is 1. The van der Waals surface area contributed by atoms with E-state index in [0.717, 1.165) is 16.0 Å². The standard InChI is InChI=1S/C24H20FNO3S/c1-13-6-8-17(12-14(13)2)26-21(19-5-4-10-30-19)20(23(28)24(26)29)22(27)16-7-9-18(25)15(3)11-16/h4-12,21,27H,1-3H3/b22-20-. The molecule has 30 heavy (non-hydrogen) atoms. The molecule has 1 unspecified atom stereocenters. The van der Waals surface area contributed by atoms with Crippen LogP contribution in [0.15, 0.2) is 59.5 Å². The number of benzene rings is 2. The molecule has 152 valence electrons. The fourth-order valence-electron chi connectivity index (χ4n) is 3.64. The zero-order valence-electron chi connectivity index (χ0n) is 16.8. The van der Waals surface area contributed by atoms with Crippen molar-refractivity contribution in [2.24, 2.45) is 0 Å². The van der Waals surface area contributed by atoms with E-state index in [2.05, 4.69) is 0 Å². The molecule has 1 fully saturated rings. The Hall–Kier alpha value is -3.25. The van der Waals surface area contributed by atoms with E-state index >= 15 is 0 Å². The van der Waals surface area contributed by atoms with Crippen molar-refractivity contribution in [3.05, 3.63) is 92.4 Å². The van der Waals surface area contributed by atoms with Crippen LogP contribution < -0.4 is 4.90 Å². The summed E-state index contributed by atoms with van der Waals surface area (Å²) in [5.41, 5.74) is 3.31. The maximum atomic E-state index is 13.7. The number of thiophene rings is 1. The van der Waals surface area contributed by atoms with Gasteiger partial charge in [0.2, 0.25) is 0 Å². The lowest BCUT2D eigenvalue weighted by Crippen LogP contribution is -2.29. The number of hydrogen-bond acceptors (Lipinski definition) is 4. The Morgan fingerprint density at radius 2 is 1.77 bits per heavy atom. The molecule has 0 radical (unpaired) electrons. The number of halogens is 1. The van der Waals surface area contributed by atoms with Crippen LogP contribution in [0.1, 0.15) is 33.2 Å². The molecule has 3 aromatic rings. The van der Waals surface area contributed by atoms with Gasteiger partial charge >= 0.3 is 0 Å². The van der Waals surface area contributed by atoms with E-state index in [4.69, 9.17) is 0 Å². The maximum Gasteiger partial charge on any atom is 0.300 e. The average Bonchev–Trinajstić information content (AvgIpc) is 3.33. The molecular formula is C24H20FNO3S. The molecule has 4 rings (SSSR count). The highest BCUT2D eigenvalue weighted by Crippen LogP contribution is 2.43. The fourth-order valence-corrected chi connectivity index (χ4v) is 4.46. The number of Topliss-reactive ketones (excluding diaryl/α,β-unsaturated/α-hetero) is 1. The minimum absolute atomic E-state index is 0.00619. The molecule has 2 heterocycles. The topological polar surface area (TPSA) is 57.6 Å². The summed E-state index contributed by atoms with van der Waals surface area (Å²) in [5.74, 6) is -2.17. The lowest BCUT2D eigenvalue weighted by atomic mass is 9.98. The van der Waals surface area contributed by atoms with Crippen LogP contribution in [0.2, 0.25) is 0 Å². The second-order valence-corrected chi connectivity index (χ2v) is 8.40. The molecule has 4 nitrogen and oxygen atoms in total. The summed E-state index contributed by atoms with van der Waals surface area (Å²) in [4.78, 5) is 28.3. The van der Waals surface area contributed by atoms with E-state index in [0.29, 0.717) is 16.8 Å².